The Morgan fingerprint density at radius 1 is 1.42 bits per heavy atom. The van der Waals surface area contributed by atoms with Crippen LogP contribution in [0.1, 0.15) is 13.3 Å². The maximum atomic E-state index is 12.6. The van der Waals surface area contributed by atoms with E-state index in [4.69, 9.17) is 11.6 Å². The van der Waals surface area contributed by atoms with Crippen LogP contribution in [0.4, 0.5) is 5.69 Å². The Labute approximate surface area is 144 Å². The van der Waals surface area contributed by atoms with Gasteiger partial charge >= 0.3 is 0 Å². The molecule has 1 aromatic carbocycles. The first-order chi connectivity index (χ1) is 11.3. The summed E-state index contributed by atoms with van der Waals surface area (Å²) in [4.78, 5) is 25.0. The standard InChI is InChI=1S/C15H16ClN3O4S/c1-9-13(14(20)17-11-5-6-24(22,23)8-11)15(21)19(18-9)12-4-2-3-10(16)7-12/h2-4,7,11,13H,5-6,8H2,1H3,(H,17,20)/t11-,13+/m0/s1. The molecule has 1 saturated heterocycles. The number of carbonyl (C=O) groups is 2. The van der Waals surface area contributed by atoms with Crippen molar-refractivity contribution < 1.29 is 18.0 Å². The molecule has 1 aromatic rings. The number of hydrazone groups is 1. The summed E-state index contributed by atoms with van der Waals surface area (Å²) in [5.41, 5.74) is 0.837. The number of rotatable bonds is 3. The molecular formula is C15H16ClN3O4S. The van der Waals surface area contributed by atoms with Crippen LogP contribution in [0.2, 0.25) is 5.02 Å². The molecule has 2 heterocycles. The fourth-order valence-corrected chi connectivity index (χ4v) is 4.71. The third kappa shape index (κ3) is 3.29. The highest BCUT2D eigenvalue weighted by molar-refractivity contribution is 7.91. The summed E-state index contributed by atoms with van der Waals surface area (Å²) in [5, 5.41) is 8.40. The van der Waals surface area contributed by atoms with Crippen LogP contribution in [0.3, 0.4) is 0 Å². The lowest BCUT2D eigenvalue weighted by atomic mass is 10.0. The van der Waals surface area contributed by atoms with Gasteiger partial charge in [0, 0.05) is 11.1 Å². The number of anilines is 1. The van der Waals surface area contributed by atoms with Gasteiger partial charge in [-0.15, -0.1) is 0 Å². The van der Waals surface area contributed by atoms with E-state index in [1.54, 1.807) is 31.2 Å². The first kappa shape index (κ1) is 16.9. The molecule has 0 aromatic heterocycles. The van der Waals surface area contributed by atoms with Crippen LogP contribution >= 0.6 is 11.6 Å². The Balaban J connectivity index is 1.74. The Bertz CT molecular complexity index is 837. The summed E-state index contributed by atoms with van der Waals surface area (Å²) in [5.74, 6) is -2.08. The van der Waals surface area contributed by atoms with E-state index in [-0.39, 0.29) is 11.5 Å². The Hall–Kier alpha value is -1.93. The predicted octanol–water partition coefficient (Wildman–Crippen LogP) is 0.982. The number of nitrogens with one attached hydrogen (secondary N) is 1. The fourth-order valence-electron chi connectivity index (χ4n) is 2.85. The van der Waals surface area contributed by atoms with Gasteiger partial charge in [0.15, 0.2) is 15.8 Å². The second-order valence-corrected chi connectivity index (χ2v) is 8.58. The number of benzene rings is 1. The van der Waals surface area contributed by atoms with Crippen LogP contribution in [0.15, 0.2) is 29.4 Å². The number of halogens is 1. The van der Waals surface area contributed by atoms with Crippen molar-refractivity contribution in [3.05, 3.63) is 29.3 Å². The van der Waals surface area contributed by atoms with Gasteiger partial charge in [-0.25, -0.2) is 8.42 Å². The molecule has 2 atom stereocenters. The minimum Gasteiger partial charge on any atom is -0.351 e. The summed E-state index contributed by atoms with van der Waals surface area (Å²) < 4.78 is 23.0. The van der Waals surface area contributed by atoms with Crippen molar-refractivity contribution in [3.8, 4) is 0 Å². The lowest BCUT2D eigenvalue weighted by Crippen LogP contribution is -2.44. The molecule has 1 N–H and O–H groups in total. The molecule has 0 spiro atoms. The molecule has 0 unspecified atom stereocenters. The van der Waals surface area contributed by atoms with E-state index in [1.165, 1.54) is 0 Å². The van der Waals surface area contributed by atoms with Crippen LogP contribution in [0.5, 0.6) is 0 Å². The first-order valence-electron chi connectivity index (χ1n) is 7.42. The van der Waals surface area contributed by atoms with Gasteiger partial charge in [0.1, 0.15) is 0 Å². The monoisotopic (exact) mass is 369 g/mol. The molecule has 0 saturated carbocycles. The minimum atomic E-state index is -3.11. The molecule has 0 radical (unpaired) electrons. The second kappa shape index (κ2) is 6.18. The number of hydrogen-bond donors (Lipinski definition) is 1. The number of carbonyl (C=O) groups excluding carboxylic acids is 2. The van der Waals surface area contributed by atoms with Crippen LogP contribution < -0.4 is 10.3 Å². The van der Waals surface area contributed by atoms with Gasteiger partial charge in [-0.1, -0.05) is 17.7 Å². The van der Waals surface area contributed by atoms with E-state index in [1.807, 2.05) is 0 Å². The Morgan fingerprint density at radius 3 is 2.79 bits per heavy atom. The Morgan fingerprint density at radius 2 is 2.17 bits per heavy atom. The molecule has 2 amide bonds. The van der Waals surface area contributed by atoms with E-state index in [0.29, 0.717) is 22.8 Å². The van der Waals surface area contributed by atoms with E-state index in [2.05, 4.69) is 10.4 Å². The summed E-state index contributed by atoms with van der Waals surface area (Å²) in [7, 11) is -3.11. The lowest BCUT2D eigenvalue weighted by molar-refractivity contribution is -0.130. The molecule has 7 nitrogen and oxygen atoms in total. The maximum absolute atomic E-state index is 12.6. The van der Waals surface area contributed by atoms with E-state index in [9.17, 15) is 18.0 Å². The van der Waals surface area contributed by atoms with Crippen molar-refractivity contribution in [3.63, 3.8) is 0 Å². The summed E-state index contributed by atoms with van der Waals surface area (Å²) in [6.07, 6.45) is 0.364. The molecule has 0 aliphatic carbocycles. The first-order valence-corrected chi connectivity index (χ1v) is 9.62. The largest absolute Gasteiger partial charge is 0.351 e. The van der Waals surface area contributed by atoms with Gasteiger partial charge in [0.25, 0.3) is 5.91 Å². The molecule has 2 aliphatic rings. The Kier molecular flexibility index (Phi) is 4.35. The number of sulfone groups is 1. The highest BCUT2D eigenvalue weighted by atomic mass is 35.5. The van der Waals surface area contributed by atoms with Gasteiger partial charge in [0.05, 0.1) is 22.9 Å². The molecule has 24 heavy (non-hydrogen) atoms. The molecule has 0 bridgehead atoms. The van der Waals surface area contributed by atoms with Crippen LogP contribution in [-0.2, 0) is 19.4 Å². The normalized spacial score (nSPS) is 25.7. The number of hydrogen-bond acceptors (Lipinski definition) is 5. The van der Waals surface area contributed by atoms with Crippen molar-refractivity contribution in [1.29, 1.82) is 0 Å². The molecule has 3 rings (SSSR count). The van der Waals surface area contributed by atoms with Crippen LogP contribution in [-0.4, -0.2) is 43.5 Å². The highest BCUT2D eigenvalue weighted by Gasteiger charge is 2.41. The van der Waals surface area contributed by atoms with Crippen molar-refractivity contribution in [1.82, 2.24) is 5.32 Å². The quantitative estimate of drug-likeness (QED) is 0.803. The van der Waals surface area contributed by atoms with Crippen molar-refractivity contribution in [2.24, 2.45) is 11.0 Å². The molecular weight excluding hydrogens is 354 g/mol. The number of amides is 2. The van der Waals surface area contributed by atoms with Crippen LogP contribution in [0, 0.1) is 5.92 Å². The fraction of sp³-hybridized carbons (Fsp3) is 0.400. The minimum absolute atomic E-state index is 0.0538. The average molecular weight is 370 g/mol. The van der Waals surface area contributed by atoms with E-state index in [0.717, 1.165) is 5.01 Å². The number of nitrogens with zero attached hydrogens (tertiary/aromatic N) is 2. The van der Waals surface area contributed by atoms with Crippen molar-refractivity contribution in [2.45, 2.75) is 19.4 Å². The molecule has 128 valence electrons. The van der Waals surface area contributed by atoms with Gasteiger partial charge in [-0.3, -0.25) is 9.59 Å². The van der Waals surface area contributed by atoms with E-state index >= 15 is 0 Å². The molecule has 1 fully saturated rings. The third-order valence-corrected chi connectivity index (χ3v) is 6.03. The summed E-state index contributed by atoms with van der Waals surface area (Å²) >= 11 is 5.92. The third-order valence-electron chi connectivity index (χ3n) is 4.02. The summed E-state index contributed by atoms with van der Waals surface area (Å²) in [6.45, 7) is 1.60. The molecule has 2 aliphatic heterocycles. The average Bonchev–Trinajstić information content (AvgIpc) is 2.98. The zero-order chi connectivity index (χ0) is 17.5. The van der Waals surface area contributed by atoms with Crippen molar-refractivity contribution in [2.75, 3.05) is 16.5 Å². The molecule has 9 heteroatoms. The van der Waals surface area contributed by atoms with Crippen molar-refractivity contribution >= 4 is 44.7 Å². The van der Waals surface area contributed by atoms with Gasteiger partial charge < -0.3 is 5.32 Å². The van der Waals surface area contributed by atoms with E-state index < -0.39 is 33.6 Å². The highest BCUT2D eigenvalue weighted by Crippen LogP contribution is 2.26. The van der Waals surface area contributed by atoms with Gasteiger partial charge in [-0.05, 0) is 31.5 Å². The SMILES string of the molecule is CC1=NN(c2cccc(Cl)c2)C(=O)[C@H]1C(=O)N[C@H]1CCS(=O)(=O)C1. The second-order valence-electron chi connectivity index (χ2n) is 5.91. The maximum Gasteiger partial charge on any atom is 0.265 e. The van der Waals surface area contributed by atoms with Crippen LogP contribution in [0.25, 0.3) is 0 Å². The zero-order valence-corrected chi connectivity index (χ0v) is 14.5. The van der Waals surface area contributed by atoms with Gasteiger partial charge in [-0.2, -0.15) is 10.1 Å². The smallest absolute Gasteiger partial charge is 0.265 e. The van der Waals surface area contributed by atoms with Gasteiger partial charge in [0.2, 0.25) is 5.91 Å². The topological polar surface area (TPSA) is 95.9 Å². The lowest BCUT2D eigenvalue weighted by Gasteiger charge is -2.16. The predicted molar refractivity (Wildman–Crippen MR) is 90.7 cm³/mol. The zero-order valence-electron chi connectivity index (χ0n) is 12.9. The summed E-state index contributed by atoms with van der Waals surface area (Å²) in [6, 6.07) is 6.16.